The van der Waals surface area contributed by atoms with Crippen LogP contribution in [0.4, 0.5) is 10.1 Å². The number of nitrogens with two attached hydrogens (primary N) is 1. The molecule has 3 nitrogen and oxygen atoms in total. The number of rotatable bonds is 3. The summed E-state index contributed by atoms with van der Waals surface area (Å²) < 4.78 is 13.3. The van der Waals surface area contributed by atoms with Gasteiger partial charge in [-0.2, -0.15) is 0 Å². The number of carbonyl (C=O) groups excluding carboxylic acids is 1. The van der Waals surface area contributed by atoms with E-state index < -0.39 is 5.82 Å². The van der Waals surface area contributed by atoms with Crippen molar-refractivity contribution < 1.29 is 9.18 Å². The van der Waals surface area contributed by atoms with E-state index in [1.54, 1.807) is 25.1 Å². The van der Waals surface area contributed by atoms with E-state index in [4.69, 9.17) is 5.73 Å². The summed E-state index contributed by atoms with van der Waals surface area (Å²) in [7, 11) is 0. The molecule has 0 aliphatic heterocycles. The molecule has 4 heteroatoms. The Morgan fingerprint density at radius 1 is 1.20 bits per heavy atom. The minimum atomic E-state index is -0.414. The topological polar surface area (TPSA) is 55.1 Å². The molecular formula is C16H17FN2O. The largest absolute Gasteiger partial charge is 0.324 e. The van der Waals surface area contributed by atoms with Crippen LogP contribution < -0.4 is 11.1 Å². The Balaban J connectivity index is 2.14. The second-order valence-corrected chi connectivity index (χ2v) is 4.88. The van der Waals surface area contributed by atoms with Crippen LogP contribution in [0.15, 0.2) is 42.5 Å². The molecule has 20 heavy (non-hydrogen) atoms. The Morgan fingerprint density at radius 2 is 1.85 bits per heavy atom. The van der Waals surface area contributed by atoms with Gasteiger partial charge in [0.1, 0.15) is 5.82 Å². The molecule has 1 atom stereocenters. The van der Waals surface area contributed by atoms with Crippen molar-refractivity contribution in [2.75, 3.05) is 5.32 Å². The zero-order valence-corrected chi connectivity index (χ0v) is 11.5. The number of amides is 1. The highest BCUT2D eigenvalue weighted by molar-refractivity contribution is 6.04. The molecular weight excluding hydrogens is 255 g/mol. The highest BCUT2D eigenvalue weighted by Gasteiger charge is 2.08. The normalized spacial score (nSPS) is 12.0. The molecule has 0 aromatic heterocycles. The monoisotopic (exact) mass is 272 g/mol. The minimum Gasteiger partial charge on any atom is -0.324 e. The molecule has 0 spiro atoms. The molecule has 1 amide bonds. The molecule has 0 saturated heterocycles. The molecule has 2 rings (SSSR count). The first kappa shape index (κ1) is 14.2. The summed E-state index contributed by atoms with van der Waals surface area (Å²) in [5.41, 5.74) is 8.42. The SMILES string of the molecule is Cc1cc(F)cc(C(=O)Nc2ccc(C(C)N)cc2)c1. The Bertz CT molecular complexity index is 601. The van der Waals surface area contributed by atoms with Crippen molar-refractivity contribution in [2.24, 2.45) is 5.73 Å². The number of carbonyl (C=O) groups is 1. The maximum atomic E-state index is 13.3. The molecule has 0 aliphatic carbocycles. The van der Waals surface area contributed by atoms with Gasteiger partial charge in [0, 0.05) is 17.3 Å². The van der Waals surface area contributed by atoms with Crippen molar-refractivity contribution in [3.05, 3.63) is 65.0 Å². The second-order valence-electron chi connectivity index (χ2n) is 4.88. The molecule has 1 unspecified atom stereocenters. The Kier molecular flexibility index (Phi) is 4.15. The van der Waals surface area contributed by atoms with E-state index in [0.29, 0.717) is 16.8 Å². The van der Waals surface area contributed by atoms with E-state index in [2.05, 4.69) is 5.32 Å². The number of benzene rings is 2. The first-order chi connectivity index (χ1) is 9.45. The van der Waals surface area contributed by atoms with Gasteiger partial charge in [0.2, 0.25) is 0 Å². The number of aryl methyl sites for hydroxylation is 1. The van der Waals surface area contributed by atoms with Crippen LogP contribution in [0.1, 0.15) is 34.5 Å². The highest BCUT2D eigenvalue weighted by Crippen LogP contribution is 2.16. The molecule has 104 valence electrons. The summed E-state index contributed by atoms with van der Waals surface area (Å²) in [6, 6.07) is 11.5. The van der Waals surface area contributed by atoms with Crippen LogP contribution >= 0.6 is 0 Å². The molecule has 0 aliphatic rings. The predicted octanol–water partition coefficient (Wildman–Crippen LogP) is 3.41. The van der Waals surface area contributed by atoms with Crippen LogP contribution in [0.25, 0.3) is 0 Å². The molecule has 0 radical (unpaired) electrons. The van der Waals surface area contributed by atoms with Crippen LogP contribution in [0.5, 0.6) is 0 Å². The van der Waals surface area contributed by atoms with Crippen molar-refractivity contribution in [1.29, 1.82) is 0 Å². The van der Waals surface area contributed by atoms with Crippen molar-refractivity contribution >= 4 is 11.6 Å². The zero-order chi connectivity index (χ0) is 14.7. The van der Waals surface area contributed by atoms with E-state index in [9.17, 15) is 9.18 Å². The van der Waals surface area contributed by atoms with E-state index in [0.717, 1.165) is 5.56 Å². The highest BCUT2D eigenvalue weighted by atomic mass is 19.1. The van der Waals surface area contributed by atoms with Gasteiger partial charge in [-0.05, 0) is 55.3 Å². The van der Waals surface area contributed by atoms with Crippen LogP contribution in [0.3, 0.4) is 0 Å². The molecule has 0 fully saturated rings. The van der Waals surface area contributed by atoms with Crippen LogP contribution in [0, 0.1) is 12.7 Å². The lowest BCUT2D eigenvalue weighted by molar-refractivity contribution is 0.102. The Morgan fingerprint density at radius 3 is 2.40 bits per heavy atom. The lowest BCUT2D eigenvalue weighted by Crippen LogP contribution is -2.12. The minimum absolute atomic E-state index is 0.0504. The third-order valence-corrected chi connectivity index (χ3v) is 3.00. The summed E-state index contributed by atoms with van der Waals surface area (Å²) in [5, 5.41) is 2.73. The quantitative estimate of drug-likeness (QED) is 0.899. The van der Waals surface area contributed by atoms with E-state index in [1.165, 1.54) is 12.1 Å². The van der Waals surface area contributed by atoms with E-state index in [-0.39, 0.29) is 11.9 Å². The van der Waals surface area contributed by atoms with Gasteiger partial charge in [-0.15, -0.1) is 0 Å². The fraction of sp³-hybridized carbons (Fsp3) is 0.188. The smallest absolute Gasteiger partial charge is 0.255 e. The first-order valence-electron chi connectivity index (χ1n) is 6.40. The lowest BCUT2D eigenvalue weighted by Gasteiger charge is -2.09. The summed E-state index contributed by atoms with van der Waals surface area (Å²) in [6.45, 7) is 3.64. The van der Waals surface area contributed by atoms with Gasteiger partial charge in [-0.1, -0.05) is 12.1 Å². The van der Waals surface area contributed by atoms with Gasteiger partial charge < -0.3 is 11.1 Å². The Labute approximate surface area is 117 Å². The fourth-order valence-corrected chi connectivity index (χ4v) is 1.94. The fourth-order valence-electron chi connectivity index (χ4n) is 1.94. The maximum Gasteiger partial charge on any atom is 0.255 e. The zero-order valence-electron chi connectivity index (χ0n) is 11.5. The average molecular weight is 272 g/mol. The van der Waals surface area contributed by atoms with Gasteiger partial charge in [0.25, 0.3) is 5.91 Å². The number of hydrogen-bond acceptors (Lipinski definition) is 2. The molecule has 2 aromatic carbocycles. The summed E-state index contributed by atoms with van der Waals surface area (Å²) in [4.78, 5) is 12.0. The summed E-state index contributed by atoms with van der Waals surface area (Å²) >= 11 is 0. The van der Waals surface area contributed by atoms with Crippen molar-refractivity contribution in [1.82, 2.24) is 0 Å². The first-order valence-corrected chi connectivity index (χ1v) is 6.40. The molecule has 0 heterocycles. The average Bonchev–Trinajstić information content (AvgIpc) is 2.38. The van der Waals surface area contributed by atoms with Gasteiger partial charge in [-0.3, -0.25) is 4.79 Å². The third-order valence-electron chi connectivity index (χ3n) is 3.00. The van der Waals surface area contributed by atoms with Crippen LogP contribution in [-0.4, -0.2) is 5.91 Å². The standard InChI is InChI=1S/C16H17FN2O/c1-10-7-13(9-14(17)8-10)16(20)19-15-5-3-12(4-6-15)11(2)18/h3-9,11H,18H2,1-2H3,(H,19,20). The van der Waals surface area contributed by atoms with Gasteiger partial charge in [0.05, 0.1) is 0 Å². The predicted molar refractivity (Wildman–Crippen MR) is 78.1 cm³/mol. The Hall–Kier alpha value is -2.20. The van der Waals surface area contributed by atoms with Gasteiger partial charge >= 0.3 is 0 Å². The molecule has 2 aromatic rings. The summed E-state index contributed by atoms with van der Waals surface area (Å²) in [5.74, 6) is -0.747. The van der Waals surface area contributed by atoms with Crippen molar-refractivity contribution in [3.63, 3.8) is 0 Å². The third kappa shape index (κ3) is 3.42. The number of nitrogens with one attached hydrogen (secondary N) is 1. The summed E-state index contributed by atoms with van der Waals surface area (Å²) in [6.07, 6.45) is 0. The molecule has 0 bridgehead atoms. The van der Waals surface area contributed by atoms with Crippen LogP contribution in [-0.2, 0) is 0 Å². The van der Waals surface area contributed by atoms with Gasteiger partial charge in [0.15, 0.2) is 0 Å². The van der Waals surface area contributed by atoms with E-state index in [1.807, 2.05) is 19.1 Å². The molecule has 0 saturated carbocycles. The van der Waals surface area contributed by atoms with Crippen LogP contribution in [0.2, 0.25) is 0 Å². The van der Waals surface area contributed by atoms with E-state index >= 15 is 0 Å². The van der Waals surface area contributed by atoms with Crippen molar-refractivity contribution in [3.8, 4) is 0 Å². The number of hydrogen-bond donors (Lipinski definition) is 2. The molecule has 3 N–H and O–H groups in total. The van der Waals surface area contributed by atoms with Gasteiger partial charge in [-0.25, -0.2) is 4.39 Å². The second kappa shape index (κ2) is 5.84. The lowest BCUT2D eigenvalue weighted by atomic mass is 10.1. The maximum absolute atomic E-state index is 13.3. The number of halogens is 1. The number of anilines is 1. The van der Waals surface area contributed by atoms with Crippen molar-refractivity contribution in [2.45, 2.75) is 19.9 Å².